The minimum atomic E-state index is -3.64. The van der Waals surface area contributed by atoms with Gasteiger partial charge in [0.2, 0.25) is 0 Å². The van der Waals surface area contributed by atoms with Gasteiger partial charge in [-0.3, -0.25) is 4.72 Å². The highest BCUT2D eigenvalue weighted by Crippen LogP contribution is 2.23. The third-order valence-electron chi connectivity index (χ3n) is 4.23. The van der Waals surface area contributed by atoms with Crippen LogP contribution in [0.25, 0.3) is 0 Å². The van der Waals surface area contributed by atoms with Gasteiger partial charge in [-0.05, 0) is 69.3 Å². The summed E-state index contributed by atoms with van der Waals surface area (Å²) < 4.78 is 38.9. The molecule has 146 valence electrons. The fourth-order valence-electron chi connectivity index (χ4n) is 2.98. The lowest BCUT2D eigenvalue weighted by Gasteiger charge is -2.33. The molecule has 0 radical (unpaired) electrons. The van der Waals surface area contributed by atoms with E-state index in [1.165, 1.54) is 0 Å². The van der Waals surface area contributed by atoms with Gasteiger partial charge in [0, 0.05) is 24.5 Å². The van der Waals surface area contributed by atoms with E-state index in [1.54, 1.807) is 36.4 Å². The van der Waals surface area contributed by atoms with Crippen molar-refractivity contribution in [2.75, 3.05) is 29.3 Å². The van der Waals surface area contributed by atoms with Gasteiger partial charge >= 0.3 is 0 Å². The normalized spacial score (nSPS) is 17.8. The molecule has 1 saturated heterocycles. The van der Waals surface area contributed by atoms with E-state index < -0.39 is 10.0 Å². The van der Waals surface area contributed by atoms with Crippen molar-refractivity contribution >= 4 is 21.4 Å². The van der Waals surface area contributed by atoms with Crippen LogP contribution < -0.4 is 14.4 Å². The largest absolute Gasteiger partial charge is 0.491 e. The van der Waals surface area contributed by atoms with E-state index in [1.807, 2.05) is 32.9 Å². The Balaban J connectivity index is 1.68. The van der Waals surface area contributed by atoms with Gasteiger partial charge < -0.3 is 14.4 Å². The zero-order valence-corrected chi connectivity index (χ0v) is 16.7. The molecule has 0 bridgehead atoms. The molecule has 1 aliphatic heterocycles. The summed E-state index contributed by atoms with van der Waals surface area (Å²) in [6, 6.07) is 13.8. The first kappa shape index (κ1) is 19.5. The quantitative estimate of drug-likeness (QED) is 0.818. The van der Waals surface area contributed by atoms with Crippen LogP contribution in [-0.2, 0) is 14.8 Å². The maximum Gasteiger partial charge on any atom is 0.261 e. The first-order chi connectivity index (χ1) is 12.8. The van der Waals surface area contributed by atoms with Crippen molar-refractivity contribution in [1.29, 1.82) is 0 Å². The summed E-state index contributed by atoms with van der Waals surface area (Å²) in [4.78, 5) is 2.43. The summed E-state index contributed by atoms with van der Waals surface area (Å²) in [5, 5.41) is 0. The molecule has 1 unspecified atom stereocenters. The average Bonchev–Trinajstić information content (AvgIpc) is 2.62. The van der Waals surface area contributed by atoms with Crippen LogP contribution in [0.4, 0.5) is 11.4 Å². The van der Waals surface area contributed by atoms with Crippen molar-refractivity contribution < 1.29 is 17.9 Å². The molecule has 0 amide bonds. The highest BCUT2D eigenvalue weighted by atomic mass is 32.2. The number of ether oxygens (including phenoxy) is 2. The summed E-state index contributed by atoms with van der Waals surface area (Å²) in [6.45, 7) is 8.26. The molecular formula is C20H26N2O4S. The standard InChI is InChI=1S/C20H26N2O4S/c1-15(2)26-19-8-10-20(11-9-19)27(23,24)21-17-4-6-18(7-5-17)22-12-13-25-16(3)14-22/h4-11,15-16,21H,12-14H2,1-3H3. The van der Waals surface area contributed by atoms with Gasteiger partial charge in [0.15, 0.2) is 0 Å². The Hall–Kier alpha value is -2.25. The van der Waals surface area contributed by atoms with E-state index >= 15 is 0 Å². The van der Waals surface area contributed by atoms with Crippen molar-refractivity contribution in [3.8, 4) is 5.75 Å². The van der Waals surface area contributed by atoms with E-state index in [4.69, 9.17) is 9.47 Å². The number of nitrogens with zero attached hydrogens (tertiary/aromatic N) is 1. The Labute approximate surface area is 161 Å². The van der Waals surface area contributed by atoms with Gasteiger partial charge in [-0.2, -0.15) is 0 Å². The number of rotatable bonds is 6. The topological polar surface area (TPSA) is 67.9 Å². The molecule has 1 heterocycles. The van der Waals surface area contributed by atoms with Crippen LogP contribution >= 0.6 is 0 Å². The summed E-state index contributed by atoms with van der Waals surface area (Å²) in [5.74, 6) is 0.646. The minimum Gasteiger partial charge on any atom is -0.491 e. The number of hydrogen-bond acceptors (Lipinski definition) is 5. The fourth-order valence-corrected chi connectivity index (χ4v) is 4.04. The van der Waals surface area contributed by atoms with Gasteiger partial charge in [-0.25, -0.2) is 8.42 Å². The molecule has 1 fully saturated rings. The molecule has 6 nitrogen and oxygen atoms in total. The molecule has 0 spiro atoms. The summed E-state index contributed by atoms with van der Waals surface area (Å²) >= 11 is 0. The Morgan fingerprint density at radius 1 is 1.11 bits per heavy atom. The zero-order valence-electron chi connectivity index (χ0n) is 15.9. The predicted octanol–water partition coefficient (Wildman–Crippen LogP) is 3.50. The lowest BCUT2D eigenvalue weighted by molar-refractivity contribution is 0.0532. The fraction of sp³-hybridized carbons (Fsp3) is 0.400. The Kier molecular flexibility index (Phi) is 5.92. The second-order valence-electron chi connectivity index (χ2n) is 6.92. The van der Waals surface area contributed by atoms with Crippen LogP contribution in [0.3, 0.4) is 0 Å². The van der Waals surface area contributed by atoms with Gasteiger partial charge in [0.25, 0.3) is 10.0 Å². The van der Waals surface area contributed by atoms with Gasteiger partial charge in [0.1, 0.15) is 5.75 Å². The number of anilines is 2. The van der Waals surface area contributed by atoms with E-state index in [2.05, 4.69) is 9.62 Å². The van der Waals surface area contributed by atoms with E-state index in [-0.39, 0.29) is 17.1 Å². The van der Waals surface area contributed by atoms with Crippen LogP contribution in [0, 0.1) is 0 Å². The zero-order chi connectivity index (χ0) is 19.4. The lowest BCUT2D eigenvalue weighted by Crippen LogP contribution is -2.41. The third-order valence-corrected chi connectivity index (χ3v) is 5.63. The molecule has 0 aromatic heterocycles. The van der Waals surface area contributed by atoms with E-state index in [0.717, 1.165) is 18.8 Å². The van der Waals surface area contributed by atoms with Crippen molar-refractivity contribution in [1.82, 2.24) is 0 Å². The van der Waals surface area contributed by atoms with Crippen LogP contribution in [-0.4, -0.2) is 40.3 Å². The third kappa shape index (κ3) is 5.14. The summed E-state index contributed by atoms with van der Waals surface area (Å²) in [6.07, 6.45) is 0.234. The molecule has 0 saturated carbocycles. The van der Waals surface area contributed by atoms with Crippen LogP contribution in [0.5, 0.6) is 5.75 Å². The molecule has 7 heteroatoms. The number of benzene rings is 2. The highest BCUT2D eigenvalue weighted by Gasteiger charge is 2.18. The van der Waals surface area contributed by atoms with Crippen molar-refractivity contribution in [3.05, 3.63) is 48.5 Å². The smallest absolute Gasteiger partial charge is 0.261 e. The highest BCUT2D eigenvalue weighted by molar-refractivity contribution is 7.92. The van der Waals surface area contributed by atoms with E-state index in [9.17, 15) is 8.42 Å². The number of morpholine rings is 1. The van der Waals surface area contributed by atoms with Crippen LogP contribution in [0.15, 0.2) is 53.4 Å². The second-order valence-corrected chi connectivity index (χ2v) is 8.60. The second kappa shape index (κ2) is 8.19. The molecule has 1 atom stereocenters. The molecule has 2 aromatic carbocycles. The van der Waals surface area contributed by atoms with Crippen LogP contribution in [0.2, 0.25) is 0 Å². The first-order valence-corrected chi connectivity index (χ1v) is 10.6. The molecular weight excluding hydrogens is 364 g/mol. The molecule has 3 rings (SSSR count). The SMILES string of the molecule is CC(C)Oc1ccc(S(=O)(=O)Nc2ccc(N3CCOC(C)C3)cc2)cc1. The van der Waals surface area contributed by atoms with Crippen molar-refractivity contribution in [3.63, 3.8) is 0 Å². The number of sulfonamides is 1. The Bertz CT molecular complexity index is 849. The molecule has 27 heavy (non-hydrogen) atoms. The van der Waals surface area contributed by atoms with Crippen molar-refractivity contribution in [2.45, 2.75) is 37.9 Å². The monoisotopic (exact) mass is 390 g/mol. The lowest BCUT2D eigenvalue weighted by atomic mass is 10.2. The van der Waals surface area contributed by atoms with Crippen molar-refractivity contribution in [2.24, 2.45) is 0 Å². The van der Waals surface area contributed by atoms with Gasteiger partial charge in [-0.15, -0.1) is 0 Å². The maximum absolute atomic E-state index is 12.6. The first-order valence-electron chi connectivity index (χ1n) is 9.09. The number of hydrogen-bond donors (Lipinski definition) is 1. The minimum absolute atomic E-state index is 0.0403. The van der Waals surface area contributed by atoms with Gasteiger partial charge in [-0.1, -0.05) is 0 Å². The molecule has 1 aliphatic rings. The molecule has 1 N–H and O–H groups in total. The molecule has 2 aromatic rings. The maximum atomic E-state index is 12.6. The predicted molar refractivity (Wildman–Crippen MR) is 107 cm³/mol. The van der Waals surface area contributed by atoms with Gasteiger partial charge in [0.05, 0.1) is 23.7 Å². The Morgan fingerprint density at radius 3 is 2.37 bits per heavy atom. The number of nitrogens with one attached hydrogen (secondary N) is 1. The average molecular weight is 391 g/mol. The molecule has 0 aliphatic carbocycles. The van der Waals surface area contributed by atoms with E-state index in [0.29, 0.717) is 18.0 Å². The van der Waals surface area contributed by atoms with Crippen LogP contribution in [0.1, 0.15) is 20.8 Å². The summed E-state index contributed by atoms with van der Waals surface area (Å²) in [5.41, 5.74) is 1.59. The summed E-state index contributed by atoms with van der Waals surface area (Å²) in [7, 11) is -3.64. The Morgan fingerprint density at radius 2 is 1.78 bits per heavy atom.